The molecule has 3 rings (SSSR count). The molecule has 0 fully saturated rings. The topological polar surface area (TPSA) is 99.0 Å². The standard InChI is InChI=1S/C18H12BrN3O3/c1-25-16-5-2-10(7-15(16)23)6-11(9-20)17-21-14-4-3-12(19)8-13(14)18(24)22-17/h2-8,23H,1H3,(H,21,22,24)/b11-6+. The van der Waals surface area contributed by atoms with Crippen molar-refractivity contribution in [3.63, 3.8) is 0 Å². The zero-order valence-corrected chi connectivity index (χ0v) is 14.7. The summed E-state index contributed by atoms with van der Waals surface area (Å²) in [5.41, 5.74) is 0.903. The number of aromatic nitrogens is 2. The van der Waals surface area contributed by atoms with E-state index < -0.39 is 0 Å². The van der Waals surface area contributed by atoms with Crippen LogP contribution in [0, 0.1) is 11.3 Å². The second-order valence-corrected chi connectivity index (χ2v) is 6.09. The van der Waals surface area contributed by atoms with Gasteiger partial charge >= 0.3 is 0 Å². The van der Waals surface area contributed by atoms with Crippen molar-refractivity contribution in [3.8, 4) is 17.6 Å². The molecule has 7 heteroatoms. The van der Waals surface area contributed by atoms with E-state index in [4.69, 9.17) is 4.74 Å². The summed E-state index contributed by atoms with van der Waals surface area (Å²) in [7, 11) is 1.45. The summed E-state index contributed by atoms with van der Waals surface area (Å²) in [6.07, 6.45) is 1.53. The lowest BCUT2D eigenvalue weighted by Crippen LogP contribution is -2.11. The summed E-state index contributed by atoms with van der Waals surface area (Å²) in [6, 6.07) is 11.9. The molecule has 0 aliphatic carbocycles. The average Bonchev–Trinajstić information content (AvgIpc) is 2.60. The number of H-pyrrole nitrogens is 1. The molecule has 0 atom stereocenters. The lowest BCUT2D eigenvalue weighted by Gasteiger charge is -2.05. The Hall–Kier alpha value is -3.11. The predicted octanol–water partition coefficient (Wildman–Crippen LogP) is 3.46. The minimum Gasteiger partial charge on any atom is -0.504 e. The van der Waals surface area contributed by atoms with Gasteiger partial charge in [0.2, 0.25) is 0 Å². The molecule has 2 aromatic carbocycles. The van der Waals surface area contributed by atoms with Gasteiger partial charge in [-0.15, -0.1) is 0 Å². The van der Waals surface area contributed by atoms with Crippen molar-refractivity contribution in [1.29, 1.82) is 5.26 Å². The van der Waals surface area contributed by atoms with Crippen LogP contribution in [0.1, 0.15) is 11.4 Å². The lowest BCUT2D eigenvalue weighted by atomic mass is 10.1. The van der Waals surface area contributed by atoms with Gasteiger partial charge in [-0.25, -0.2) is 4.98 Å². The van der Waals surface area contributed by atoms with Crippen molar-refractivity contribution < 1.29 is 9.84 Å². The Balaban J connectivity index is 2.11. The molecule has 1 aromatic heterocycles. The highest BCUT2D eigenvalue weighted by Gasteiger charge is 2.10. The number of phenolic OH excluding ortho intramolecular Hbond substituents is 1. The van der Waals surface area contributed by atoms with E-state index in [1.807, 2.05) is 6.07 Å². The van der Waals surface area contributed by atoms with E-state index in [0.29, 0.717) is 22.2 Å². The second kappa shape index (κ2) is 6.79. The number of hydrogen-bond donors (Lipinski definition) is 2. The summed E-state index contributed by atoms with van der Waals surface area (Å²) in [5.74, 6) is 0.453. The Morgan fingerprint density at radius 2 is 2.16 bits per heavy atom. The minimum absolute atomic E-state index is 0.0432. The first-order valence-corrected chi connectivity index (χ1v) is 8.00. The first-order chi connectivity index (χ1) is 12.0. The van der Waals surface area contributed by atoms with Gasteiger partial charge in [-0.2, -0.15) is 5.26 Å². The third-order valence-corrected chi connectivity index (χ3v) is 4.05. The van der Waals surface area contributed by atoms with Crippen LogP contribution in [0.5, 0.6) is 11.5 Å². The Labute approximate surface area is 151 Å². The van der Waals surface area contributed by atoms with Gasteiger partial charge in [-0.1, -0.05) is 22.0 Å². The number of allylic oxidation sites excluding steroid dienone is 1. The zero-order valence-electron chi connectivity index (χ0n) is 13.1. The van der Waals surface area contributed by atoms with Gasteiger partial charge in [0.15, 0.2) is 17.3 Å². The van der Waals surface area contributed by atoms with Crippen molar-refractivity contribution in [2.45, 2.75) is 0 Å². The number of aromatic amines is 1. The number of nitrogens with one attached hydrogen (secondary N) is 1. The smallest absolute Gasteiger partial charge is 0.259 e. The molecule has 0 saturated heterocycles. The number of methoxy groups -OCH3 is 1. The van der Waals surface area contributed by atoms with Crippen LogP contribution in [0.4, 0.5) is 0 Å². The molecule has 0 unspecified atom stereocenters. The molecule has 0 saturated carbocycles. The Morgan fingerprint density at radius 3 is 2.84 bits per heavy atom. The first-order valence-electron chi connectivity index (χ1n) is 7.20. The van der Waals surface area contributed by atoms with Gasteiger partial charge in [-0.05, 0) is 42.0 Å². The highest BCUT2D eigenvalue weighted by Crippen LogP contribution is 2.28. The highest BCUT2D eigenvalue weighted by molar-refractivity contribution is 9.10. The number of aromatic hydroxyl groups is 1. The molecular weight excluding hydrogens is 386 g/mol. The molecule has 0 spiro atoms. The summed E-state index contributed by atoms with van der Waals surface area (Å²) in [5, 5.41) is 19.7. The quantitative estimate of drug-likeness (QED) is 0.659. The molecule has 1 heterocycles. The van der Waals surface area contributed by atoms with Gasteiger partial charge in [0.25, 0.3) is 5.56 Å². The molecule has 0 aliphatic heterocycles. The molecule has 0 aliphatic rings. The van der Waals surface area contributed by atoms with Crippen molar-refractivity contribution in [2.75, 3.05) is 7.11 Å². The molecule has 2 N–H and O–H groups in total. The second-order valence-electron chi connectivity index (χ2n) is 5.18. The first kappa shape index (κ1) is 16.7. The fourth-order valence-corrected chi connectivity index (χ4v) is 2.72. The zero-order chi connectivity index (χ0) is 18.0. The van der Waals surface area contributed by atoms with Crippen molar-refractivity contribution >= 4 is 38.5 Å². The third-order valence-electron chi connectivity index (χ3n) is 3.56. The van der Waals surface area contributed by atoms with Crippen LogP contribution in [0.3, 0.4) is 0 Å². The predicted molar refractivity (Wildman–Crippen MR) is 98.2 cm³/mol. The van der Waals surface area contributed by atoms with E-state index in [1.165, 1.54) is 19.3 Å². The number of nitrogens with zero attached hydrogens (tertiary/aromatic N) is 2. The molecule has 124 valence electrons. The van der Waals surface area contributed by atoms with Crippen molar-refractivity contribution in [3.05, 3.63) is 62.6 Å². The normalized spacial score (nSPS) is 11.3. The molecule has 25 heavy (non-hydrogen) atoms. The van der Waals surface area contributed by atoms with Gasteiger partial charge in [-0.3, -0.25) is 4.79 Å². The van der Waals surface area contributed by atoms with Crippen molar-refractivity contribution in [2.24, 2.45) is 0 Å². The number of hydrogen-bond acceptors (Lipinski definition) is 5. The van der Waals surface area contributed by atoms with Gasteiger partial charge < -0.3 is 14.8 Å². The van der Waals surface area contributed by atoms with Crippen molar-refractivity contribution in [1.82, 2.24) is 9.97 Å². The van der Waals surface area contributed by atoms with E-state index in [1.54, 1.807) is 30.3 Å². The third kappa shape index (κ3) is 3.39. The summed E-state index contributed by atoms with van der Waals surface area (Å²) >= 11 is 3.31. The summed E-state index contributed by atoms with van der Waals surface area (Å²) in [6.45, 7) is 0. The maximum Gasteiger partial charge on any atom is 0.259 e. The Bertz CT molecular complexity index is 1100. The number of nitriles is 1. The van der Waals surface area contributed by atoms with Crippen LogP contribution < -0.4 is 10.3 Å². The van der Waals surface area contributed by atoms with E-state index in [2.05, 4.69) is 25.9 Å². The fourth-order valence-electron chi connectivity index (χ4n) is 2.36. The molecule has 0 radical (unpaired) electrons. The van der Waals surface area contributed by atoms with E-state index in [9.17, 15) is 15.2 Å². The lowest BCUT2D eigenvalue weighted by molar-refractivity contribution is 0.373. The van der Waals surface area contributed by atoms with Crippen LogP contribution >= 0.6 is 15.9 Å². The number of benzene rings is 2. The Morgan fingerprint density at radius 1 is 1.36 bits per heavy atom. The van der Waals surface area contributed by atoms with E-state index in [0.717, 1.165) is 4.47 Å². The monoisotopic (exact) mass is 397 g/mol. The largest absolute Gasteiger partial charge is 0.504 e. The van der Waals surface area contributed by atoms with Gasteiger partial charge in [0, 0.05) is 4.47 Å². The fraction of sp³-hybridized carbons (Fsp3) is 0.0556. The van der Waals surface area contributed by atoms with Crippen LogP contribution in [-0.4, -0.2) is 22.2 Å². The average molecular weight is 398 g/mol. The number of ether oxygens (including phenoxy) is 1. The number of halogens is 1. The maximum absolute atomic E-state index is 12.3. The summed E-state index contributed by atoms with van der Waals surface area (Å²) < 4.78 is 5.76. The summed E-state index contributed by atoms with van der Waals surface area (Å²) in [4.78, 5) is 19.2. The number of phenols is 1. The van der Waals surface area contributed by atoms with Gasteiger partial charge in [0.05, 0.1) is 23.6 Å². The SMILES string of the molecule is COc1ccc(/C=C(\C#N)c2nc3ccc(Br)cc3c(=O)[nH]2)cc1O. The molecule has 0 amide bonds. The molecular formula is C18H12BrN3O3. The van der Waals surface area contributed by atoms with Crippen LogP contribution in [-0.2, 0) is 0 Å². The van der Waals surface area contributed by atoms with Crippen LogP contribution in [0.15, 0.2) is 45.7 Å². The number of fused-ring (bicyclic) bond motifs is 1. The number of rotatable bonds is 3. The van der Waals surface area contributed by atoms with Gasteiger partial charge in [0.1, 0.15) is 6.07 Å². The maximum atomic E-state index is 12.3. The highest BCUT2D eigenvalue weighted by atomic mass is 79.9. The van der Waals surface area contributed by atoms with Crippen LogP contribution in [0.2, 0.25) is 0 Å². The molecule has 0 bridgehead atoms. The van der Waals surface area contributed by atoms with Crippen LogP contribution in [0.25, 0.3) is 22.6 Å². The molecule has 3 aromatic rings. The van der Waals surface area contributed by atoms with E-state index >= 15 is 0 Å². The minimum atomic E-state index is -0.333. The Kier molecular flexibility index (Phi) is 4.55. The molecule has 6 nitrogen and oxygen atoms in total. The van der Waals surface area contributed by atoms with E-state index in [-0.39, 0.29) is 22.7 Å².